The van der Waals surface area contributed by atoms with Gasteiger partial charge in [-0.2, -0.15) is 0 Å². The van der Waals surface area contributed by atoms with Crippen molar-refractivity contribution >= 4 is 17.6 Å². The van der Waals surface area contributed by atoms with Crippen molar-refractivity contribution in [2.24, 2.45) is 4.99 Å². The molecule has 0 aliphatic carbocycles. The average molecular weight is 446 g/mol. The summed E-state index contributed by atoms with van der Waals surface area (Å²) >= 11 is 6.60. The van der Waals surface area contributed by atoms with E-state index in [-0.39, 0.29) is 5.41 Å². The van der Waals surface area contributed by atoms with Crippen molar-refractivity contribution in [1.29, 1.82) is 0 Å². The van der Waals surface area contributed by atoms with Crippen LogP contribution in [0.25, 0.3) is 0 Å². The first-order valence-corrected chi connectivity index (χ1v) is 11.4. The minimum atomic E-state index is -0.0425. The van der Waals surface area contributed by atoms with Gasteiger partial charge in [0.1, 0.15) is 5.76 Å². The zero-order valence-corrected chi connectivity index (χ0v) is 19.2. The second-order valence-corrected chi connectivity index (χ2v) is 8.87. The second-order valence-electron chi connectivity index (χ2n) is 8.47. The van der Waals surface area contributed by atoms with Gasteiger partial charge in [0.05, 0.1) is 5.69 Å². The molecule has 0 amide bonds. The quantitative estimate of drug-likeness (QED) is 0.563. The molecule has 1 aromatic heterocycles. The van der Waals surface area contributed by atoms with E-state index >= 15 is 0 Å². The predicted octanol–water partition coefficient (Wildman–Crippen LogP) is 3.08. The molecule has 0 atom stereocenters. The lowest BCUT2D eigenvalue weighted by Gasteiger charge is -2.41. The van der Waals surface area contributed by atoms with Gasteiger partial charge >= 0.3 is 0 Å². The zero-order valence-electron chi connectivity index (χ0n) is 18.4. The Kier molecular flexibility index (Phi) is 7.15. The molecule has 0 unspecified atom stereocenters. The maximum absolute atomic E-state index is 6.60. The van der Waals surface area contributed by atoms with Crippen molar-refractivity contribution in [2.45, 2.75) is 31.7 Å². The standard InChI is InChI=1S/C23H32ClN5O2/c1-18-15-19(27-31-18)16-28-9-11-29(12-10-28)22(25-2)26-17-23(7-13-30-14-8-23)20-5-3-4-6-21(20)24/h3-6,15H,7-14,16-17H2,1-2H3,(H,25,26). The molecule has 31 heavy (non-hydrogen) atoms. The minimum Gasteiger partial charge on any atom is -0.381 e. The van der Waals surface area contributed by atoms with Crippen molar-refractivity contribution in [2.75, 3.05) is 53.0 Å². The highest BCUT2D eigenvalue weighted by Crippen LogP contribution is 2.38. The van der Waals surface area contributed by atoms with Crippen LogP contribution in [0.1, 0.15) is 29.9 Å². The van der Waals surface area contributed by atoms with Crippen LogP contribution >= 0.6 is 11.6 Å². The summed E-state index contributed by atoms with van der Waals surface area (Å²) < 4.78 is 10.9. The molecule has 0 saturated carbocycles. The van der Waals surface area contributed by atoms with Crippen LogP contribution in [0.5, 0.6) is 0 Å². The molecule has 0 radical (unpaired) electrons. The summed E-state index contributed by atoms with van der Waals surface area (Å²) in [6, 6.07) is 10.2. The van der Waals surface area contributed by atoms with Gasteiger partial charge in [0, 0.05) is 76.0 Å². The van der Waals surface area contributed by atoms with Gasteiger partial charge in [-0.3, -0.25) is 9.89 Å². The van der Waals surface area contributed by atoms with E-state index in [0.29, 0.717) is 0 Å². The van der Waals surface area contributed by atoms with Gasteiger partial charge in [0.15, 0.2) is 5.96 Å². The average Bonchev–Trinajstić information content (AvgIpc) is 3.20. The molecule has 4 rings (SSSR count). The molecule has 2 aromatic rings. The third-order valence-corrected chi connectivity index (χ3v) is 6.76. The van der Waals surface area contributed by atoms with Gasteiger partial charge in [0.25, 0.3) is 0 Å². The Morgan fingerprint density at radius 2 is 1.94 bits per heavy atom. The number of ether oxygens (including phenoxy) is 1. The highest BCUT2D eigenvalue weighted by molar-refractivity contribution is 6.31. The SMILES string of the molecule is CN=C(NCC1(c2ccccc2Cl)CCOCC1)N1CCN(Cc2cc(C)on2)CC1. The van der Waals surface area contributed by atoms with Crippen LogP contribution in [0.3, 0.4) is 0 Å². The third-order valence-electron chi connectivity index (χ3n) is 6.43. The third kappa shape index (κ3) is 5.22. The number of aromatic nitrogens is 1. The van der Waals surface area contributed by atoms with E-state index in [2.05, 4.69) is 37.4 Å². The minimum absolute atomic E-state index is 0.0425. The molecule has 2 saturated heterocycles. The van der Waals surface area contributed by atoms with E-state index in [1.165, 1.54) is 5.56 Å². The highest BCUT2D eigenvalue weighted by atomic mass is 35.5. The Bertz CT molecular complexity index is 886. The molecule has 2 aliphatic rings. The Labute approximate surface area is 189 Å². The van der Waals surface area contributed by atoms with Crippen LogP contribution in [-0.2, 0) is 16.7 Å². The molecule has 7 nitrogen and oxygen atoms in total. The lowest BCUT2D eigenvalue weighted by Crippen LogP contribution is -2.54. The van der Waals surface area contributed by atoms with Crippen LogP contribution < -0.4 is 5.32 Å². The van der Waals surface area contributed by atoms with Gasteiger partial charge < -0.3 is 19.5 Å². The van der Waals surface area contributed by atoms with E-state index < -0.39 is 0 Å². The number of guanidine groups is 1. The van der Waals surface area contributed by atoms with Gasteiger partial charge in [0.2, 0.25) is 0 Å². The number of aryl methyl sites for hydroxylation is 1. The van der Waals surface area contributed by atoms with E-state index in [0.717, 1.165) is 87.8 Å². The smallest absolute Gasteiger partial charge is 0.193 e. The van der Waals surface area contributed by atoms with E-state index in [4.69, 9.17) is 20.9 Å². The monoisotopic (exact) mass is 445 g/mol. The number of rotatable bonds is 5. The normalized spacial score (nSPS) is 20.1. The summed E-state index contributed by atoms with van der Waals surface area (Å²) in [5, 5.41) is 8.61. The lowest BCUT2D eigenvalue weighted by molar-refractivity contribution is 0.0510. The number of nitrogens with zero attached hydrogens (tertiary/aromatic N) is 4. The van der Waals surface area contributed by atoms with Crippen molar-refractivity contribution in [3.8, 4) is 0 Å². The van der Waals surface area contributed by atoms with Gasteiger partial charge in [-0.05, 0) is 31.4 Å². The Hall–Kier alpha value is -2.09. The highest BCUT2D eigenvalue weighted by Gasteiger charge is 2.36. The van der Waals surface area contributed by atoms with Gasteiger partial charge in [-0.15, -0.1) is 0 Å². The largest absolute Gasteiger partial charge is 0.381 e. The van der Waals surface area contributed by atoms with E-state index in [9.17, 15) is 0 Å². The van der Waals surface area contributed by atoms with Crippen LogP contribution in [0, 0.1) is 6.92 Å². The number of piperazine rings is 1. The number of hydrogen-bond acceptors (Lipinski definition) is 5. The van der Waals surface area contributed by atoms with Crippen LogP contribution in [0.4, 0.5) is 0 Å². The summed E-state index contributed by atoms with van der Waals surface area (Å²) in [5.41, 5.74) is 2.16. The van der Waals surface area contributed by atoms with Crippen molar-refractivity contribution < 1.29 is 9.26 Å². The summed E-state index contributed by atoms with van der Waals surface area (Å²) in [6.45, 7) is 8.86. The first kappa shape index (κ1) is 22.1. The molecule has 0 bridgehead atoms. The number of nitrogens with one attached hydrogen (secondary N) is 1. The molecule has 0 spiro atoms. The summed E-state index contributed by atoms with van der Waals surface area (Å²) in [5.74, 6) is 1.81. The van der Waals surface area contributed by atoms with Crippen molar-refractivity contribution in [3.05, 3.63) is 52.4 Å². The molecule has 2 aliphatic heterocycles. The Morgan fingerprint density at radius 1 is 1.19 bits per heavy atom. The Balaban J connectivity index is 1.37. The fraction of sp³-hybridized carbons (Fsp3) is 0.565. The number of hydrogen-bond donors (Lipinski definition) is 1. The first-order valence-electron chi connectivity index (χ1n) is 11.0. The van der Waals surface area contributed by atoms with Gasteiger partial charge in [-0.1, -0.05) is 35.0 Å². The number of benzene rings is 1. The fourth-order valence-corrected chi connectivity index (χ4v) is 4.95. The molecule has 8 heteroatoms. The molecule has 3 heterocycles. The summed E-state index contributed by atoms with van der Waals surface area (Å²) in [4.78, 5) is 9.32. The lowest BCUT2D eigenvalue weighted by atomic mass is 9.74. The first-order chi connectivity index (χ1) is 15.1. The maximum atomic E-state index is 6.60. The molecular weight excluding hydrogens is 414 g/mol. The fourth-order valence-electron chi connectivity index (χ4n) is 4.61. The molecule has 2 fully saturated rings. The second kappa shape index (κ2) is 10.0. The topological polar surface area (TPSA) is 66.1 Å². The van der Waals surface area contributed by atoms with Crippen molar-refractivity contribution in [1.82, 2.24) is 20.3 Å². The number of halogens is 1. The zero-order chi connectivity index (χ0) is 21.7. The van der Waals surface area contributed by atoms with E-state index in [1.807, 2.05) is 32.2 Å². The van der Waals surface area contributed by atoms with E-state index in [1.54, 1.807) is 0 Å². The van der Waals surface area contributed by atoms with Crippen LogP contribution in [0.2, 0.25) is 5.02 Å². The summed E-state index contributed by atoms with van der Waals surface area (Å²) in [6.07, 6.45) is 1.90. The Morgan fingerprint density at radius 3 is 2.58 bits per heavy atom. The molecule has 168 valence electrons. The summed E-state index contributed by atoms with van der Waals surface area (Å²) in [7, 11) is 1.86. The maximum Gasteiger partial charge on any atom is 0.193 e. The molecular formula is C23H32ClN5O2. The van der Waals surface area contributed by atoms with Crippen LogP contribution in [-0.4, -0.2) is 73.9 Å². The van der Waals surface area contributed by atoms with Gasteiger partial charge in [-0.25, -0.2) is 0 Å². The number of aliphatic imine (C=N–C) groups is 1. The molecule has 1 aromatic carbocycles. The van der Waals surface area contributed by atoms with Crippen LogP contribution in [0.15, 0.2) is 39.8 Å². The predicted molar refractivity (Wildman–Crippen MR) is 123 cm³/mol. The molecule has 1 N–H and O–H groups in total. The van der Waals surface area contributed by atoms with Crippen molar-refractivity contribution in [3.63, 3.8) is 0 Å².